The summed E-state index contributed by atoms with van der Waals surface area (Å²) in [4.78, 5) is 2.06. The van der Waals surface area contributed by atoms with Gasteiger partial charge in [0, 0.05) is 37.5 Å². The number of nitrogens with zero attached hydrogens (tertiary/aromatic N) is 2. The molecule has 1 aliphatic heterocycles. The van der Waals surface area contributed by atoms with Crippen molar-refractivity contribution in [1.29, 1.82) is 0 Å². The first-order chi connectivity index (χ1) is 11.1. The molecule has 1 aromatic carbocycles. The van der Waals surface area contributed by atoms with Crippen molar-refractivity contribution < 1.29 is 13.5 Å². The molecule has 1 heterocycles. The Morgan fingerprint density at radius 1 is 1.48 bits per heavy atom. The zero-order valence-electron chi connectivity index (χ0n) is 13.2. The number of ether oxygens (including phenoxy) is 1. The minimum absolute atomic E-state index is 0.130. The molecule has 1 N–H and O–H groups in total. The Labute approximate surface area is 135 Å². The lowest BCUT2D eigenvalue weighted by Gasteiger charge is -2.32. The van der Waals surface area contributed by atoms with E-state index in [-0.39, 0.29) is 12.1 Å². The molecule has 1 saturated heterocycles. The summed E-state index contributed by atoms with van der Waals surface area (Å²) in [7, 11) is 0. The quantitative estimate of drug-likeness (QED) is 0.298. The van der Waals surface area contributed by atoms with Crippen LogP contribution in [-0.4, -0.2) is 30.5 Å². The third-order valence-electron chi connectivity index (χ3n) is 3.85. The van der Waals surface area contributed by atoms with Crippen LogP contribution >= 0.6 is 0 Å². The monoisotopic (exact) mass is 321 g/mol. The number of hydrogen-bond acceptors (Lipinski definition) is 4. The highest BCUT2D eigenvalue weighted by atomic mass is 19.1. The molecular weight excluding hydrogens is 300 g/mol. The normalized spacial score (nSPS) is 19.2. The van der Waals surface area contributed by atoms with Crippen molar-refractivity contribution in [1.82, 2.24) is 10.3 Å². The van der Waals surface area contributed by atoms with Gasteiger partial charge >= 0.3 is 0 Å². The fourth-order valence-electron chi connectivity index (χ4n) is 2.72. The van der Waals surface area contributed by atoms with Gasteiger partial charge in [-0.2, -0.15) is 0 Å². The summed E-state index contributed by atoms with van der Waals surface area (Å²) in [6.45, 7) is 4.08. The molecule has 0 saturated carbocycles. The molecule has 4 nitrogen and oxygen atoms in total. The maximum Gasteiger partial charge on any atom is 0.203 e. The molecule has 0 amide bonds. The fraction of sp³-hybridized carbons (Fsp3) is 0.471. The van der Waals surface area contributed by atoms with E-state index < -0.39 is 11.6 Å². The largest absolute Gasteiger partial charge is 0.480 e. The molecule has 0 bridgehead atoms. The summed E-state index contributed by atoms with van der Waals surface area (Å²) in [5.41, 5.74) is 2.52. The molecule has 0 spiro atoms. The van der Waals surface area contributed by atoms with Gasteiger partial charge in [0.15, 0.2) is 0 Å². The lowest BCUT2D eigenvalue weighted by atomic mass is 9.98. The molecule has 1 atom stereocenters. The Bertz CT molecular complexity index is 578. The maximum atomic E-state index is 13.7. The minimum atomic E-state index is -0.494. The van der Waals surface area contributed by atoms with E-state index in [4.69, 9.17) is 11.2 Å². The number of terminal acetylenes is 1. The summed E-state index contributed by atoms with van der Waals surface area (Å²) < 4.78 is 33.0. The molecule has 0 unspecified atom stereocenters. The van der Waals surface area contributed by atoms with Gasteiger partial charge in [-0.15, -0.1) is 5.10 Å². The van der Waals surface area contributed by atoms with E-state index in [9.17, 15) is 8.78 Å². The van der Waals surface area contributed by atoms with E-state index in [1.54, 1.807) is 6.92 Å². The molecule has 124 valence electrons. The van der Waals surface area contributed by atoms with Gasteiger partial charge < -0.3 is 4.74 Å². The van der Waals surface area contributed by atoms with Crippen LogP contribution in [0.1, 0.15) is 25.3 Å². The van der Waals surface area contributed by atoms with E-state index in [2.05, 4.69) is 21.5 Å². The Hall–Kier alpha value is -2.13. The number of piperidine rings is 1. The van der Waals surface area contributed by atoms with Gasteiger partial charge in [-0.05, 0) is 31.5 Å². The molecule has 0 aromatic heterocycles. The smallest absolute Gasteiger partial charge is 0.203 e. The second kappa shape index (κ2) is 8.49. The molecule has 0 aliphatic carbocycles. The van der Waals surface area contributed by atoms with E-state index >= 15 is 0 Å². The molecule has 23 heavy (non-hydrogen) atoms. The first kappa shape index (κ1) is 17.2. The Balaban J connectivity index is 1.87. The first-order valence-corrected chi connectivity index (χ1v) is 7.63. The second-order valence-corrected chi connectivity index (χ2v) is 5.64. The number of rotatable bonds is 5. The molecule has 6 heteroatoms. The van der Waals surface area contributed by atoms with Crippen LogP contribution in [0.25, 0.3) is 0 Å². The standard InChI is InChI=1S/C17H21F2N3O/c1-3-20-21-13(2)23-12-14-6-5-9-22(10-14)11-15-16(18)7-4-8-17(15)19/h1,4,7-8,14,20H,5-6,9-12H2,2H3/b21-13-/t14-/m1/s1. The molecule has 0 radical (unpaired) electrons. The Morgan fingerprint density at radius 3 is 2.91 bits per heavy atom. The number of halogens is 2. The maximum absolute atomic E-state index is 13.7. The molecule has 2 rings (SSSR count). The van der Waals surface area contributed by atoms with Crippen LogP contribution in [0.15, 0.2) is 23.3 Å². The van der Waals surface area contributed by atoms with Crippen molar-refractivity contribution in [3.8, 4) is 12.5 Å². The second-order valence-electron chi connectivity index (χ2n) is 5.64. The fourth-order valence-corrected chi connectivity index (χ4v) is 2.72. The van der Waals surface area contributed by atoms with Gasteiger partial charge in [-0.25, -0.2) is 14.2 Å². The Kier molecular flexibility index (Phi) is 6.36. The van der Waals surface area contributed by atoms with E-state index in [1.807, 2.05) is 0 Å². The molecule has 1 fully saturated rings. The van der Waals surface area contributed by atoms with Crippen LogP contribution in [0.2, 0.25) is 0 Å². The predicted octanol–water partition coefficient (Wildman–Crippen LogP) is 2.71. The summed E-state index contributed by atoms with van der Waals surface area (Å²) >= 11 is 0. The zero-order valence-corrected chi connectivity index (χ0v) is 13.2. The van der Waals surface area contributed by atoms with Crippen molar-refractivity contribution in [3.05, 3.63) is 35.4 Å². The van der Waals surface area contributed by atoms with Crippen LogP contribution in [-0.2, 0) is 11.3 Å². The number of likely N-dealkylation sites (tertiary alicyclic amines) is 1. The van der Waals surface area contributed by atoms with Crippen LogP contribution in [0.5, 0.6) is 0 Å². The summed E-state index contributed by atoms with van der Waals surface area (Å²) in [6.07, 6.45) is 7.04. The van der Waals surface area contributed by atoms with Crippen molar-refractivity contribution >= 4 is 5.90 Å². The Morgan fingerprint density at radius 2 is 2.22 bits per heavy atom. The average molecular weight is 321 g/mol. The summed E-state index contributed by atoms with van der Waals surface area (Å²) in [5, 5.41) is 3.83. The van der Waals surface area contributed by atoms with Gasteiger partial charge in [-0.3, -0.25) is 4.90 Å². The van der Waals surface area contributed by atoms with Crippen molar-refractivity contribution in [2.24, 2.45) is 11.0 Å². The van der Waals surface area contributed by atoms with Crippen molar-refractivity contribution in [3.63, 3.8) is 0 Å². The highest BCUT2D eigenvalue weighted by Gasteiger charge is 2.22. The van der Waals surface area contributed by atoms with Crippen molar-refractivity contribution in [2.45, 2.75) is 26.3 Å². The number of hydrazone groups is 1. The van der Waals surface area contributed by atoms with Crippen LogP contribution < -0.4 is 5.43 Å². The molecule has 1 aliphatic rings. The minimum Gasteiger partial charge on any atom is -0.480 e. The number of hydrogen-bond donors (Lipinski definition) is 1. The van der Waals surface area contributed by atoms with Gasteiger partial charge in [0.25, 0.3) is 0 Å². The summed E-state index contributed by atoms with van der Waals surface area (Å²) in [6, 6.07) is 6.15. The van der Waals surface area contributed by atoms with E-state index in [0.717, 1.165) is 25.9 Å². The number of benzene rings is 1. The highest BCUT2D eigenvalue weighted by molar-refractivity contribution is 5.72. The third-order valence-corrected chi connectivity index (χ3v) is 3.85. The highest BCUT2D eigenvalue weighted by Crippen LogP contribution is 2.21. The first-order valence-electron chi connectivity index (χ1n) is 7.63. The van der Waals surface area contributed by atoms with E-state index in [1.165, 1.54) is 18.2 Å². The number of nitrogens with one attached hydrogen (secondary N) is 1. The zero-order chi connectivity index (χ0) is 16.7. The molecule has 1 aromatic rings. The third kappa shape index (κ3) is 5.22. The SMILES string of the molecule is C#CN/N=C(/C)OC[C@@H]1CCCN(Cc2c(F)cccc2F)C1. The van der Waals surface area contributed by atoms with Gasteiger partial charge in [0.1, 0.15) is 11.6 Å². The lowest BCUT2D eigenvalue weighted by molar-refractivity contribution is 0.118. The molecular formula is C17H21F2N3O. The summed E-state index contributed by atoms with van der Waals surface area (Å²) in [5.74, 6) is -0.215. The van der Waals surface area contributed by atoms with Gasteiger partial charge in [0.05, 0.1) is 6.61 Å². The van der Waals surface area contributed by atoms with Gasteiger partial charge in [-0.1, -0.05) is 12.5 Å². The van der Waals surface area contributed by atoms with Crippen LogP contribution in [0.3, 0.4) is 0 Å². The average Bonchev–Trinajstić information content (AvgIpc) is 2.55. The van der Waals surface area contributed by atoms with Crippen molar-refractivity contribution in [2.75, 3.05) is 19.7 Å². The van der Waals surface area contributed by atoms with Crippen LogP contribution in [0.4, 0.5) is 8.78 Å². The topological polar surface area (TPSA) is 36.9 Å². The van der Waals surface area contributed by atoms with E-state index in [0.29, 0.717) is 18.4 Å². The lowest BCUT2D eigenvalue weighted by Crippen LogP contribution is -2.37. The predicted molar refractivity (Wildman–Crippen MR) is 85.4 cm³/mol. The van der Waals surface area contributed by atoms with Gasteiger partial charge in [0.2, 0.25) is 5.90 Å². The van der Waals surface area contributed by atoms with Crippen LogP contribution in [0, 0.1) is 30.0 Å².